The van der Waals surface area contributed by atoms with Crippen LogP contribution in [-0.4, -0.2) is 6.03 Å². The lowest BCUT2D eigenvalue weighted by molar-refractivity contribution is 0.262. The van der Waals surface area contributed by atoms with Gasteiger partial charge in [0.15, 0.2) is 0 Å². The van der Waals surface area contributed by atoms with Crippen LogP contribution in [0.25, 0.3) is 10.4 Å². The lowest BCUT2D eigenvalue weighted by Gasteiger charge is -2.08. The van der Waals surface area contributed by atoms with Crippen molar-refractivity contribution in [2.24, 2.45) is 0 Å². The van der Waals surface area contributed by atoms with E-state index in [1.54, 1.807) is 23.5 Å². The maximum absolute atomic E-state index is 13.1. The van der Waals surface area contributed by atoms with Gasteiger partial charge in [-0.25, -0.2) is 9.18 Å². The van der Waals surface area contributed by atoms with Gasteiger partial charge in [0.2, 0.25) is 0 Å². The summed E-state index contributed by atoms with van der Waals surface area (Å²) in [6.45, 7) is 0. The second-order valence-electron chi connectivity index (χ2n) is 4.65. The van der Waals surface area contributed by atoms with E-state index >= 15 is 0 Å². The Bertz CT molecular complexity index is 787. The largest absolute Gasteiger partial charge is 0.323 e. The molecule has 0 aliphatic rings. The van der Waals surface area contributed by atoms with Gasteiger partial charge < -0.3 is 10.6 Å². The van der Waals surface area contributed by atoms with Crippen molar-refractivity contribution >= 4 is 28.7 Å². The van der Waals surface area contributed by atoms with Crippen molar-refractivity contribution in [3.63, 3.8) is 0 Å². The number of urea groups is 1. The van der Waals surface area contributed by atoms with Crippen molar-refractivity contribution in [3.8, 4) is 10.4 Å². The Kier molecular flexibility index (Phi) is 4.16. The Balaban J connectivity index is 1.70. The molecule has 5 heteroatoms. The number of carbonyl (C=O) groups is 1. The molecule has 0 unspecified atom stereocenters. The fraction of sp³-hybridized carbons (Fsp3) is 0. The molecular weight excluding hydrogens is 299 g/mol. The first kappa shape index (κ1) is 14.3. The average molecular weight is 312 g/mol. The Hall–Kier alpha value is -2.66. The SMILES string of the molecule is O=C(Nc1cccc(F)c1)Nc1cccc(-c2cccs2)c1. The van der Waals surface area contributed by atoms with Crippen LogP contribution in [0.2, 0.25) is 0 Å². The zero-order valence-electron chi connectivity index (χ0n) is 11.5. The molecule has 0 saturated carbocycles. The summed E-state index contributed by atoms with van der Waals surface area (Å²) < 4.78 is 13.1. The highest BCUT2D eigenvalue weighted by atomic mass is 32.1. The Labute approximate surface area is 131 Å². The third-order valence-corrected chi connectivity index (χ3v) is 3.93. The van der Waals surface area contributed by atoms with Crippen molar-refractivity contribution in [2.75, 3.05) is 10.6 Å². The van der Waals surface area contributed by atoms with Gasteiger partial charge in [0.25, 0.3) is 0 Å². The van der Waals surface area contributed by atoms with Gasteiger partial charge in [-0.2, -0.15) is 0 Å². The van der Waals surface area contributed by atoms with Crippen LogP contribution in [0.3, 0.4) is 0 Å². The average Bonchev–Trinajstić information content (AvgIpc) is 3.01. The van der Waals surface area contributed by atoms with Crippen molar-refractivity contribution in [1.82, 2.24) is 0 Å². The monoisotopic (exact) mass is 312 g/mol. The molecule has 0 fully saturated rings. The number of benzene rings is 2. The van der Waals surface area contributed by atoms with Gasteiger partial charge in [-0.05, 0) is 47.3 Å². The van der Waals surface area contributed by atoms with Crippen LogP contribution in [-0.2, 0) is 0 Å². The Morgan fingerprint density at radius 1 is 0.909 bits per heavy atom. The highest BCUT2D eigenvalue weighted by molar-refractivity contribution is 7.13. The van der Waals surface area contributed by atoms with Gasteiger partial charge in [-0.3, -0.25) is 0 Å². The Morgan fingerprint density at radius 3 is 2.32 bits per heavy atom. The summed E-state index contributed by atoms with van der Waals surface area (Å²) in [6, 6.07) is 16.9. The van der Waals surface area contributed by atoms with E-state index in [0.29, 0.717) is 11.4 Å². The molecule has 2 N–H and O–H groups in total. The predicted molar refractivity (Wildman–Crippen MR) is 88.8 cm³/mol. The first-order valence-corrected chi connectivity index (χ1v) is 7.56. The van der Waals surface area contributed by atoms with Crippen LogP contribution in [0.1, 0.15) is 0 Å². The van der Waals surface area contributed by atoms with E-state index in [-0.39, 0.29) is 0 Å². The fourth-order valence-corrected chi connectivity index (χ4v) is 2.78. The zero-order valence-corrected chi connectivity index (χ0v) is 12.4. The molecule has 0 spiro atoms. The molecule has 1 aromatic heterocycles. The molecule has 0 radical (unpaired) electrons. The predicted octanol–water partition coefficient (Wildman–Crippen LogP) is 5.20. The smallest absolute Gasteiger partial charge is 0.308 e. The second-order valence-corrected chi connectivity index (χ2v) is 5.60. The fourth-order valence-electron chi connectivity index (χ4n) is 2.05. The topological polar surface area (TPSA) is 41.1 Å². The number of halogens is 1. The van der Waals surface area contributed by atoms with E-state index in [0.717, 1.165) is 10.4 Å². The number of anilines is 2. The van der Waals surface area contributed by atoms with E-state index in [1.807, 2.05) is 41.8 Å². The molecule has 110 valence electrons. The normalized spacial score (nSPS) is 10.2. The minimum absolute atomic E-state index is 0.391. The minimum atomic E-state index is -0.408. The maximum Gasteiger partial charge on any atom is 0.323 e. The standard InChI is InChI=1S/C17H13FN2OS/c18-13-5-2-7-15(11-13)20-17(21)19-14-6-1-4-12(10-14)16-8-3-9-22-16/h1-11H,(H2,19,20,21). The van der Waals surface area contributed by atoms with Crippen LogP contribution in [0.5, 0.6) is 0 Å². The molecule has 2 amide bonds. The first-order valence-electron chi connectivity index (χ1n) is 6.68. The number of hydrogen-bond donors (Lipinski definition) is 2. The summed E-state index contributed by atoms with van der Waals surface area (Å²) in [7, 11) is 0. The van der Waals surface area contributed by atoms with E-state index < -0.39 is 11.8 Å². The quantitative estimate of drug-likeness (QED) is 0.686. The number of rotatable bonds is 3. The zero-order chi connectivity index (χ0) is 15.4. The van der Waals surface area contributed by atoms with Crippen molar-refractivity contribution in [3.05, 3.63) is 71.9 Å². The first-order chi connectivity index (χ1) is 10.7. The van der Waals surface area contributed by atoms with E-state index in [4.69, 9.17) is 0 Å². The summed E-state index contributed by atoms with van der Waals surface area (Å²) in [4.78, 5) is 13.1. The van der Waals surface area contributed by atoms with Gasteiger partial charge in [-0.1, -0.05) is 24.3 Å². The van der Waals surface area contributed by atoms with Gasteiger partial charge in [-0.15, -0.1) is 11.3 Å². The molecule has 0 bridgehead atoms. The highest BCUT2D eigenvalue weighted by Crippen LogP contribution is 2.26. The van der Waals surface area contributed by atoms with E-state index in [1.165, 1.54) is 12.1 Å². The van der Waals surface area contributed by atoms with Gasteiger partial charge >= 0.3 is 6.03 Å². The van der Waals surface area contributed by atoms with Gasteiger partial charge in [0.05, 0.1) is 0 Å². The van der Waals surface area contributed by atoms with E-state index in [2.05, 4.69) is 10.6 Å². The van der Waals surface area contributed by atoms with Crippen LogP contribution < -0.4 is 10.6 Å². The molecule has 0 saturated heterocycles. The molecule has 3 rings (SSSR count). The third kappa shape index (κ3) is 3.51. The number of thiophene rings is 1. The third-order valence-electron chi connectivity index (χ3n) is 3.01. The summed E-state index contributed by atoms with van der Waals surface area (Å²) in [5.74, 6) is -0.391. The van der Waals surface area contributed by atoms with Crippen LogP contribution in [0.15, 0.2) is 66.0 Å². The highest BCUT2D eigenvalue weighted by Gasteiger charge is 2.05. The van der Waals surface area contributed by atoms with Crippen molar-refractivity contribution < 1.29 is 9.18 Å². The molecule has 0 atom stereocenters. The summed E-state index contributed by atoms with van der Waals surface area (Å²) in [6.07, 6.45) is 0. The van der Waals surface area contributed by atoms with Crippen molar-refractivity contribution in [1.29, 1.82) is 0 Å². The summed E-state index contributed by atoms with van der Waals surface area (Å²) in [5, 5.41) is 7.35. The number of nitrogens with one attached hydrogen (secondary N) is 2. The lowest BCUT2D eigenvalue weighted by atomic mass is 10.1. The van der Waals surface area contributed by atoms with Crippen LogP contribution >= 0.6 is 11.3 Å². The lowest BCUT2D eigenvalue weighted by Crippen LogP contribution is -2.19. The molecule has 1 heterocycles. The summed E-state index contributed by atoms with van der Waals surface area (Å²) >= 11 is 1.64. The summed E-state index contributed by atoms with van der Waals surface area (Å²) in [5.41, 5.74) is 2.13. The molecule has 3 nitrogen and oxygen atoms in total. The molecule has 2 aromatic carbocycles. The number of hydrogen-bond acceptors (Lipinski definition) is 2. The van der Waals surface area contributed by atoms with Gasteiger partial charge in [0.1, 0.15) is 5.82 Å². The minimum Gasteiger partial charge on any atom is -0.308 e. The van der Waals surface area contributed by atoms with Crippen molar-refractivity contribution in [2.45, 2.75) is 0 Å². The molecule has 0 aliphatic carbocycles. The molecule has 3 aromatic rings. The van der Waals surface area contributed by atoms with Gasteiger partial charge in [0, 0.05) is 16.3 Å². The number of carbonyl (C=O) groups excluding carboxylic acids is 1. The number of amides is 2. The van der Waals surface area contributed by atoms with Crippen LogP contribution in [0, 0.1) is 5.82 Å². The van der Waals surface area contributed by atoms with E-state index in [9.17, 15) is 9.18 Å². The van der Waals surface area contributed by atoms with Crippen LogP contribution in [0.4, 0.5) is 20.6 Å². The second kappa shape index (κ2) is 6.41. The molecular formula is C17H13FN2OS. The Morgan fingerprint density at radius 2 is 1.64 bits per heavy atom. The molecule has 0 aliphatic heterocycles. The molecule has 22 heavy (non-hydrogen) atoms. The maximum atomic E-state index is 13.1.